The second-order valence-electron chi connectivity index (χ2n) is 3.99. The highest BCUT2D eigenvalue weighted by molar-refractivity contribution is 7.99. The van der Waals surface area contributed by atoms with Gasteiger partial charge in [-0.1, -0.05) is 23.9 Å². The monoisotopic (exact) mass is 257 g/mol. The highest BCUT2D eigenvalue weighted by atomic mass is 32.2. The smallest absolute Gasteiger partial charge is 0.221 e. The van der Waals surface area contributed by atoms with Crippen LogP contribution in [0.4, 0.5) is 5.69 Å². The summed E-state index contributed by atoms with van der Waals surface area (Å²) in [6.45, 7) is 1.50. The Morgan fingerprint density at radius 3 is 2.72 bits per heavy atom. The Bertz CT molecular complexity index is 625. The fourth-order valence-corrected chi connectivity index (χ4v) is 2.80. The van der Waals surface area contributed by atoms with Crippen LogP contribution in [0.25, 0.3) is 0 Å². The number of ether oxygens (including phenoxy) is 1. The second-order valence-corrected chi connectivity index (χ2v) is 5.08. The largest absolute Gasteiger partial charge is 0.455 e. The molecule has 1 amide bonds. The van der Waals surface area contributed by atoms with Gasteiger partial charge in [-0.3, -0.25) is 4.79 Å². The summed E-state index contributed by atoms with van der Waals surface area (Å²) >= 11 is 1.65. The van der Waals surface area contributed by atoms with E-state index in [9.17, 15) is 4.79 Å². The van der Waals surface area contributed by atoms with Crippen LogP contribution in [-0.4, -0.2) is 5.91 Å². The molecule has 3 rings (SSSR count). The van der Waals surface area contributed by atoms with E-state index in [1.807, 2.05) is 42.5 Å². The van der Waals surface area contributed by atoms with Crippen molar-refractivity contribution >= 4 is 23.4 Å². The molecule has 0 atom stereocenters. The number of carbonyl (C=O) groups is 1. The number of hydrogen-bond acceptors (Lipinski definition) is 3. The van der Waals surface area contributed by atoms with Crippen molar-refractivity contribution in [2.45, 2.75) is 16.7 Å². The zero-order chi connectivity index (χ0) is 12.5. The van der Waals surface area contributed by atoms with E-state index >= 15 is 0 Å². The van der Waals surface area contributed by atoms with Crippen molar-refractivity contribution in [1.82, 2.24) is 0 Å². The highest BCUT2D eigenvalue weighted by Gasteiger charge is 2.17. The minimum atomic E-state index is -0.0722. The molecule has 0 fully saturated rings. The molecule has 0 bridgehead atoms. The van der Waals surface area contributed by atoms with Crippen molar-refractivity contribution in [3.8, 4) is 11.5 Å². The Morgan fingerprint density at radius 1 is 1.11 bits per heavy atom. The minimum absolute atomic E-state index is 0.0722. The van der Waals surface area contributed by atoms with Gasteiger partial charge in [0.15, 0.2) is 0 Å². The summed E-state index contributed by atoms with van der Waals surface area (Å²) in [5, 5.41) is 2.77. The molecule has 2 aromatic rings. The number of carbonyl (C=O) groups excluding carboxylic acids is 1. The molecule has 0 unspecified atom stereocenters. The molecule has 0 aromatic heterocycles. The number of rotatable bonds is 1. The van der Waals surface area contributed by atoms with Crippen LogP contribution in [0.2, 0.25) is 0 Å². The zero-order valence-electron chi connectivity index (χ0n) is 9.77. The first-order valence-corrected chi connectivity index (χ1v) is 6.40. The lowest BCUT2D eigenvalue weighted by Gasteiger charge is -2.19. The summed E-state index contributed by atoms with van der Waals surface area (Å²) in [6.07, 6.45) is 0. The van der Waals surface area contributed by atoms with Crippen molar-refractivity contribution in [3.63, 3.8) is 0 Å². The Hall–Kier alpha value is -1.94. The van der Waals surface area contributed by atoms with E-state index in [0.717, 1.165) is 27.0 Å². The number of fused-ring (bicyclic) bond motifs is 2. The Morgan fingerprint density at radius 2 is 1.89 bits per heavy atom. The van der Waals surface area contributed by atoms with E-state index in [1.54, 1.807) is 11.8 Å². The molecule has 90 valence electrons. The van der Waals surface area contributed by atoms with Crippen LogP contribution >= 0.6 is 11.8 Å². The van der Waals surface area contributed by atoms with E-state index < -0.39 is 0 Å². The topological polar surface area (TPSA) is 38.3 Å². The number of benzene rings is 2. The number of anilines is 1. The van der Waals surface area contributed by atoms with Gasteiger partial charge in [0, 0.05) is 12.6 Å². The van der Waals surface area contributed by atoms with Gasteiger partial charge in [-0.15, -0.1) is 0 Å². The Kier molecular flexibility index (Phi) is 2.72. The molecule has 0 radical (unpaired) electrons. The molecule has 4 heteroatoms. The molecule has 1 aliphatic rings. The molecule has 0 aliphatic carbocycles. The molecule has 3 nitrogen and oxygen atoms in total. The molecule has 0 saturated heterocycles. The summed E-state index contributed by atoms with van der Waals surface area (Å²) in [5.74, 6) is 1.63. The maximum atomic E-state index is 11.0. The molecule has 1 N–H and O–H groups in total. The van der Waals surface area contributed by atoms with Crippen LogP contribution in [0.5, 0.6) is 11.5 Å². The zero-order valence-corrected chi connectivity index (χ0v) is 10.6. The first-order valence-electron chi connectivity index (χ1n) is 5.59. The number of hydrogen-bond donors (Lipinski definition) is 1. The Labute approximate surface area is 109 Å². The summed E-state index contributed by atoms with van der Waals surface area (Å²) < 4.78 is 5.80. The van der Waals surface area contributed by atoms with Gasteiger partial charge >= 0.3 is 0 Å². The molecule has 0 saturated carbocycles. The van der Waals surface area contributed by atoms with Gasteiger partial charge in [0.2, 0.25) is 5.91 Å². The first-order chi connectivity index (χ1) is 8.72. The molecule has 1 aliphatic heterocycles. The summed E-state index contributed by atoms with van der Waals surface area (Å²) in [6, 6.07) is 13.6. The third-order valence-corrected chi connectivity index (χ3v) is 3.65. The number of para-hydroxylation sites is 1. The Balaban J connectivity index is 1.96. The van der Waals surface area contributed by atoms with E-state index in [4.69, 9.17) is 4.74 Å². The lowest BCUT2D eigenvalue weighted by Crippen LogP contribution is -2.06. The van der Waals surface area contributed by atoms with Gasteiger partial charge < -0.3 is 10.1 Å². The standard InChI is InChI=1S/C14H11NO2S/c1-9(16)15-10-6-7-12-14(8-10)18-13-5-3-2-4-11(13)17-12/h2-8H,1H3,(H,15,16). The third kappa shape index (κ3) is 2.07. The van der Waals surface area contributed by atoms with Crippen LogP contribution in [0, 0.1) is 0 Å². The predicted octanol–water partition coefficient (Wildman–Crippen LogP) is 3.90. The van der Waals surface area contributed by atoms with E-state index in [2.05, 4.69) is 5.32 Å². The number of amides is 1. The van der Waals surface area contributed by atoms with E-state index in [-0.39, 0.29) is 5.91 Å². The van der Waals surface area contributed by atoms with Gasteiger partial charge in [0.25, 0.3) is 0 Å². The third-order valence-electron chi connectivity index (χ3n) is 2.55. The SMILES string of the molecule is CC(=O)Nc1ccc2c(c1)Sc1ccccc1O2. The van der Waals surface area contributed by atoms with Crippen LogP contribution in [0.3, 0.4) is 0 Å². The minimum Gasteiger partial charge on any atom is -0.455 e. The van der Waals surface area contributed by atoms with Crippen molar-refractivity contribution in [2.24, 2.45) is 0 Å². The fourth-order valence-electron chi connectivity index (χ4n) is 1.81. The average Bonchev–Trinajstić information content (AvgIpc) is 2.35. The van der Waals surface area contributed by atoms with Gasteiger partial charge in [-0.05, 0) is 30.3 Å². The van der Waals surface area contributed by atoms with Crippen LogP contribution in [0.1, 0.15) is 6.92 Å². The maximum absolute atomic E-state index is 11.0. The fraction of sp³-hybridized carbons (Fsp3) is 0.0714. The summed E-state index contributed by atoms with van der Waals surface area (Å²) in [4.78, 5) is 13.1. The van der Waals surface area contributed by atoms with E-state index in [1.165, 1.54) is 6.92 Å². The first kappa shape index (κ1) is 11.2. The van der Waals surface area contributed by atoms with Crippen molar-refractivity contribution < 1.29 is 9.53 Å². The normalized spacial score (nSPS) is 12.1. The lowest BCUT2D eigenvalue weighted by atomic mass is 10.3. The molecule has 0 spiro atoms. The van der Waals surface area contributed by atoms with E-state index in [0.29, 0.717) is 0 Å². The molecule has 2 aromatic carbocycles. The van der Waals surface area contributed by atoms with Crippen molar-refractivity contribution in [1.29, 1.82) is 0 Å². The summed E-state index contributed by atoms with van der Waals surface area (Å²) in [7, 11) is 0. The average molecular weight is 257 g/mol. The second kappa shape index (κ2) is 4.38. The molecule has 1 heterocycles. The molecular weight excluding hydrogens is 246 g/mol. The maximum Gasteiger partial charge on any atom is 0.221 e. The van der Waals surface area contributed by atoms with Crippen LogP contribution < -0.4 is 10.1 Å². The number of nitrogens with one attached hydrogen (secondary N) is 1. The highest BCUT2D eigenvalue weighted by Crippen LogP contribution is 2.47. The van der Waals surface area contributed by atoms with Crippen molar-refractivity contribution in [2.75, 3.05) is 5.32 Å². The lowest BCUT2D eigenvalue weighted by molar-refractivity contribution is -0.114. The quantitative estimate of drug-likeness (QED) is 0.718. The molecular formula is C14H11NO2S. The van der Waals surface area contributed by atoms with Gasteiger partial charge in [0.1, 0.15) is 11.5 Å². The van der Waals surface area contributed by atoms with Crippen molar-refractivity contribution in [3.05, 3.63) is 42.5 Å². The van der Waals surface area contributed by atoms with Crippen LogP contribution in [-0.2, 0) is 4.79 Å². The van der Waals surface area contributed by atoms with Gasteiger partial charge in [-0.2, -0.15) is 0 Å². The van der Waals surface area contributed by atoms with Crippen LogP contribution in [0.15, 0.2) is 52.3 Å². The van der Waals surface area contributed by atoms with Gasteiger partial charge in [0.05, 0.1) is 9.79 Å². The predicted molar refractivity (Wildman–Crippen MR) is 71.4 cm³/mol. The molecule has 18 heavy (non-hydrogen) atoms. The van der Waals surface area contributed by atoms with Gasteiger partial charge in [-0.25, -0.2) is 0 Å². The summed E-state index contributed by atoms with van der Waals surface area (Å²) in [5.41, 5.74) is 0.789.